The van der Waals surface area contributed by atoms with Crippen LogP contribution in [0.15, 0.2) is 12.2 Å². The summed E-state index contributed by atoms with van der Waals surface area (Å²) in [7, 11) is 0. The molecule has 0 unspecified atom stereocenters. The highest BCUT2D eigenvalue weighted by Crippen LogP contribution is 2.09. The summed E-state index contributed by atoms with van der Waals surface area (Å²) in [4.78, 5) is 0. The summed E-state index contributed by atoms with van der Waals surface area (Å²) in [6.07, 6.45) is 13.0. The van der Waals surface area contributed by atoms with E-state index in [2.05, 4.69) is 12.2 Å². The van der Waals surface area contributed by atoms with Crippen LogP contribution < -0.4 is 0 Å². The number of allylic oxidation sites excluding steroid dienone is 2. The van der Waals surface area contributed by atoms with Crippen LogP contribution >= 0.6 is 0 Å². The van der Waals surface area contributed by atoms with Crippen molar-refractivity contribution in [2.24, 2.45) is 0 Å². The SMILES string of the molecule is C1=CCCCCCC1.O. The standard InChI is InChI=1S/C8H14.H2O/c1-2-4-6-8-7-5-3-1;/h1-2H,3-8H2;1H2. The Morgan fingerprint density at radius 2 is 1.11 bits per heavy atom. The molecule has 0 heterocycles. The van der Waals surface area contributed by atoms with Crippen molar-refractivity contribution in [3.63, 3.8) is 0 Å². The zero-order valence-electron chi connectivity index (χ0n) is 5.90. The van der Waals surface area contributed by atoms with Crippen LogP contribution in [-0.4, -0.2) is 5.48 Å². The van der Waals surface area contributed by atoms with E-state index in [1.165, 1.54) is 38.5 Å². The minimum Gasteiger partial charge on any atom is -0.412 e. The molecular formula is C8H16O. The lowest BCUT2D eigenvalue weighted by atomic mass is 10.1. The van der Waals surface area contributed by atoms with Gasteiger partial charge in [-0.3, -0.25) is 0 Å². The fraction of sp³-hybridized carbons (Fsp3) is 0.750. The van der Waals surface area contributed by atoms with E-state index in [-0.39, 0.29) is 5.48 Å². The van der Waals surface area contributed by atoms with E-state index in [0.717, 1.165) is 0 Å². The van der Waals surface area contributed by atoms with Crippen molar-refractivity contribution < 1.29 is 5.48 Å². The second-order valence-corrected chi connectivity index (χ2v) is 2.46. The third kappa shape index (κ3) is 4.22. The Morgan fingerprint density at radius 1 is 0.667 bits per heavy atom. The summed E-state index contributed by atoms with van der Waals surface area (Å²) in [5.74, 6) is 0. The van der Waals surface area contributed by atoms with E-state index in [1.807, 2.05) is 0 Å². The molecule has 1 heteroatoms. The van der Waals surface area contributed by atoms with Crippen molar-refractivity contribution in [3.8, 4) is 0 Å². The van der Waals surface area contributed by atoms with Gasteiger partial charge in [0.2, 0.25) is 0 Å². The lowest BCUT2D eigenvalue weighted by Gasteiger charge is -2.00. The zero-order valence-corrected chi connectivity index (χ0v) is 5.90. The highest BCUT2D eigenvalue weighted by atomic mass is 16.0. The zero-order chi connectivity index (χ0) is 5.66. The van der Waals surface area contributed by atoms with E-state index in [0.29, 0.717) is 0 Å². The van der Waals surface area contributed by atoms with E-state index in [1.54, 1.807) is 0 Å². The van der Waals surface area contributed by atoms with Crippen LogP contribution in [0.3, 0.4) is 0 Å². The molecule has 0 aromatic carbocycles. The highest BCUT2D eigenvalue weighted by molar-refractivity contribution is 4.82. The number of hydrogen-bond donors (Lipinski definition) is 0. The van der Waals surface area contributed by atoms with Crippen LogP contribution in [0.25, 0.3) is 0 Å². The molecule has 0 amide bonds. The Hall–Kier alpha value is -0.300. The van der Waals surface area contributed by atoms with E-state index in [9.17, 15) is 0 Å². The van der Waals surface area contributed by atoms with Gasteiger partial charge >= 0.3 is 0 Å². The van der Waals surface area contributed by atoms with E-state index in [4.69, 9.17) is 0 Å². The topological polar surface area (TPSA) is 31.5 Å². The molecule has 0 spiro atoms. The number of hydrogen-bond acceptors (Lipinski definition) is 0. The summed E-state index contributed by atoms with van der Waals surface area (Å²) in [6.45, 7) is 0. The van der Waals surface area contributed by atoms with Crippen molar-refractivity contribution >= 4 is 0 Å². The van der Waals surface area contributed by atoms with Crippen LogP contribution in [0, 0.1) is 0 Å². The quantitative estimate of drug-likeness (QED) is 0.447. The second kappa shape index (κ2) is 5.83. The average molecular weight is 128 g/mol. The maximum Gasteiger partial charge on any atom is -0.0351 e. The normalized spacial score (nSPS) is 19.6. The van der Waals surface area contributed by atoms with Crippen molar-refractivity contribution in [2.75, 3.05) is 0 Å². The molecule has 2 N–H and O–H groups in total. The van der Waals surface area contributed by atoms with Crippen LogP contribution in [0.5, 0.6) is 0 Å². The first kappa shape index (κ1) is 8.70. The van der Waals surface area contributed by atoms with Crippen LogP contribution in [0.4, 0.5) is 0 Å². The van der Waals surface area contributed by atoms with Gasteiger partial charge in [0.15, 0.2) is 0 Å². The van der Waals surface area contributed by atoms with Crippen LogP contribution in [0.2, 0.25) is 0 Å². The van der Waals surface area contributed by atoms with Crippen LogP contribution in [-0.2, 0) is 0 Å². The molecule has 9 heavy (non-hydrogen) atoms. The summed E-state index contributed by atoms with van der Waals surface area (Å²) in [5.41, 5.74) is 0. The molecular weight excluding hydrogens is 112 g/mol. The molecule has 1 nitrogen and oxygen atoms in total. The third-order valence-corrected chi connectivity index (χ3v) is 1.66. The Kier molecular flexibility index (Phi) is 5.64. The fourth-order valence-corrected chi connectivity index (χ4v) is 1.11. The molecule has 0 atom stereocenters. The van der Waals surface area contributed by atoms with Gasteiger partial charge in [-0.05, 0) is 25.7 Å². The lowest BCUT2D eigenvalue weighted by molar-refractivity contribution is 0.638. The molecule has 0 saturated heterocycles. The van der Waals surface area contributed by atoms with Crippen molar-refractivity contribution in [1.29, 1.82) is 0 Å². The summed E-state index contributed by atoms with van der Waals surface area (Å²) < 4.78 is 0. The largest absolute Gasteiger partial charge is 0.412 e. The molecule has 1 aliphatic rings. The maximum atomic E-state index is 2.32. The lowest BCUT2D eigenvalue weighted by Crippen LogP contribution is -1.80. The fourth-order valence-electron chi connectivity index (χ4n) is 1.11. The summed E-state index contributed by atoms with van der Waals surface area (Å²) in [6, 6.07) is 0. The van der Waals surface area contributed by atoms with E-state index < -0.39 is 0 Å². The van der Waals surface area contributed by atoms with Gasteiger partial charge in [-0.1, -0.05) is 25.0 Å². The monoisotopic (exact) mass is 128 g/mol. The molecule has 0 aromatic heterocycles. The van der Waals surface area contributed by atoms with Gasteiger partial charge in [0.25, 0.3) is 0 Å². The molecule has 1 rings (SSSR count). The molecule has 1 aliphatic carbocycles. The molecule has 0 radical (unpaired) electrons. The molecule has 0 aromatic rings. The molecule has 0 saturated carbocycles. The van der Waals surface area contributed by atoms with Gasteiger partial charge in [0.1, 0.15) is 0 Å². The van der Waals surface area contributed by atoms with E-state index >= 15 is 0 Å². The molecule has 54 valence electrons. The summed E-state index contributed by atoms with van der Waals surface area (Å²) >= 11 is 0. The van der Waals surface area contributed by atoms with Gasteiger partial charge in [-0.25, -0.2) is 0 Å². The predicted molar refractivity (Wildman–Crippen MR) is 40.5 cm³/mol. The van der Waals surface area contributed by atoms with Gasteiger partial charge in [-0.2, -0.15) is 0 Å². The minimum absolute atomic E-state index is 0. The number of rotatable bonds is 0. The van der Waals surface area contributed by atoms with Gasteiger partial charge in [0, 0.05) is 0 Å². The first-order valence-corrected chi connectivity index (χ1v) is 3.65. The Bertz CT molecular complexity index is 66.6. The first-order chi connectivity index (χ1) is 4.00. The van der Waals surface area contributed by atoms with Crippen LogP contribution in [0.1, 0.15) is 38.5 Å². The Balaban J connectivity index is 0.000000640. The Morgan fingerprint density at radius 3 is 1.56 bits per heavy atom. The predicted octanol–water partition coefficient (Wildman–Crippen LogP) is 2.07. The molecule has 0 aliphatic heterocycles. The van der Waals surface area contributed by atoms with Gasteiger partial charge < -0.3 is 5.48 Å². The van der Waals surface area contributed by atoms with Crippen molar-refractivity contribution in [3.05, 3.63) is 12.2 Å². The van der Waals surface area contributed by atoms with Gasteiger partial charge in [0.05, 0.1) is 0 Å². The first-order valence-electron chi connectivity index (χ1n) is 3.65. The maximum absolute atomic E-state index is 2.32. The highest BCUT2D eigenvalue weighted by Gasteiger charge is 1.89. The van der Waals surface area contributed by atoms with Crippen molar-refractivity contribution in [2.45, 2.75) is 38.5 Å². The Labute approximate surface area is 57.1 Å². The molecule has 0 bridgehead atoms. The smallest absolute Gasteiger partial charge is 0.0351 e. The third-order valence-electron chi connectivity index (χ3n) is 1.66. The molecule has 0 fully saturated rings. The van der Waals surface area contributed by atoms with Gasteiger partial charge in [-0.15, -0.1) is 0 Å². The van der Waals surface area contributed by atoms with Crippen molar-refractivity contribution in [1.82, 2.24) is 0 Å². The minimum atomic E-state index is 0. The average Bonchev–Trinajstić information content (AvgIpc) is 1.62. The second-order valence-electron chi connectivity index (χ2n) is 2.46. The summed E-state index contributed by atoms with van der Waals surface area (Å²) in [5, 5.41) is 0.